The topological polar surface area (TPSA) is 47.0 Å². The highest BCUT2D eigenvalue weighted by atomic mass is 16.5. The van der Waals surface area contributed by atoms with Gasteiger partial charge < -0.3 is 10.1 Å². The Morgan fingerprint density at radius 2 is 2.00 bits per heavy atom. The molecule has 0 spiro atoms. The van der Waals surface area contributed by atoms with Crippen LogP contribution >= 0.6 is 0 Å². The zero-order valence-corrected chi connectivity index (χ0v) is 12.3. The Kier molecular flexibility index (Phi) is 4.93. The van der Waals surface area contributed by atoms with E-state index in [1.54, 1.807) is 12.4 Å². The van der Waals surface area contributed by atoms with Gasteiger partial charge in [-0.1, -0.05) is 19.1 Å². The van der Waals surface area contributed by atoms with Gasteiger partial charge in [-0.2, -0.15) is 0 Å². The number of aromatic nitrogens is 2. The fourth-order valence-corrected chi connectivity index (χ4v) is 1.79. The monoisotopic (exact) mass is 271 g/mol. The summed E-state index contributed by atoms with van der Waals surface area (Å²) < 4.78 is 5.80. The summed E-state index contributed by atoms with van der Waals surface area (Å²) in [6, 6.07) is 6.18. The number of nitrogens with one attached hydrogen (secondary N) is 1. The van der Waals surface area contributed by atoms with E-state index < -0.39 is 0 Å². The first-order valence-corrected chi connectivity index (χ1v) is 6.94. The van der Waals surface area contributed by atoms with Crippen LogP contribution in [-0.4, -0.2) is 16.5 Å². The van der Waals surface area contributed by atoms with Gasteiger partial charge in [-0.05, 0) is 37.5 Å². The fraction of sp³-hybridized carbons (Fsp3) is 0.375. The zero-order chi connectivity index (χ0) is 14.4. The number of rotatable bonds is 6. The second kappa shape index (κ2) is 6.89. The van der Waals surface area contributed by atoms with Crippen LogP contribution in [0.15, 0.2) is 30.6 Å². The minimum Gasteiger partial charge on any atom is -0.487 e. The lowest BCUT2D eigenvalue weighted by molar-refractivity contribution is 0.298. The number of hydrogen-bond acceptors (Lipinski definition) is 4. The fourth-order valence-electron chi connectivity index (χ4n) is 1.79. The summed E-state index contributed by atoms with van der Waals surface area (Å²) in [6.07, 6.45) is 4.57. The molecule has 0 fully saturated rings. The Hall–Kier alpha value is -2.10. The molecule has 1 heterocycles. The maximum Gasteiger partial charge on any atom is 0.144 e. The summed E-state index contributed by atoms with van der Waals surface area (Å²) in [7, 11) is 0. The maximum absolute atomic E-state index is 5.80. The van der Waals surface area contributed by atoms with Crippen LogP contribution < -0.4 is 10.1 Å². The highest BCUT2D eigenvalue weighted by Crippen LogP contribution is 2.20. The van der Waals surface area contributed by atoms with E-state index in [0.29, 0.717) is 6.61 Å². The SMILES string of the molecule is CCCNc1cnc(COc2cc(C)ccc2C)cn1. The van der Waals surface area contributed by atoms with Crippen LogP contribution in [0.1, 0.15) is 30.2 Å². The second-order valence-electron chi connectivity index (χ2n) is 4.88. The van der Waals surface area contributed by atoms with E-state index in [4.69, 9.17) is 4.74 Å². The quantitative estimate of drug-likeness (QED) is 0.873. The number of ether oxygens (including phenoxy) is 1. The Balaban J connectivity index is 1.95. The van der Waals surface area contributed by atoms with E-state index >= 15 is 0 Å². The van der Waals surface area contributed by atoms with Crippen molar-refractivity contribution >= 4 is 5.82 Å². The average Bonchev–Trinajstić information content (AvgIpc) is 2.47. The average molecular weight is 271 g/mol. The van der Waals surface area contributed by atoms with Crippen molar-refractivity contribution in [3.8, 4) is 5.75 Å². The van der Waals surface area contributed by atoms with Crippen molar-refractivity contribution in [2.75, 3.05) is 11.9 Å². The zero-order valence-electron chi connectivity index (χ0n) is 12.3. The van der Waals surface area contributed by atoms with Crippen LogP contribution in [0.3, 0.4) is 0 Å². The van der Waals surface area contributed by atoms with E-state index in [2.05, 4.69) is 41.3 Å². The van der Waals surface area contributed by atoms with Crippen molar-refractivity contribution in [1.29, 1.82) is 0 Å². The van der Waals surface area contributed by atoms with Crippen LogP contribution in [-0.2, 0) is 6.61 Å². The largest absolute Gasteiger partial charge is 0.487 e. The predicted molar refractivity (Wildman–Crippen MR) is 81.1 cm³/mol. The summed E-state index contributed by atoms with van der Waals surface area (Å²) in [6.45, 7) is 7.56. The summed E-state index contributed by atoms with van der Waals surface area (Å²) in [5, 5.41) is 3.20. The third kappa shape index (κ3) is 3.95. The first kappa shape index (κ1) is 14.3. The Labute approximate surface area is 120 Å². The molecule has 0 amide bonds. The van der Waals surface area contributed by atoms with Crippen LogP contribution in [0.2, 0.25) is 0 Å². The lowest BCUT2D eigenvalue weighted by Crippen LogP contribution is -2.05. The molecule has 1 N–H and O–H groups in total. The van der Waals surface area contributed by atoms with Gasteiger partial charge in [-0.3, -0.25) is 4.98 Å². The highest BCUT2D eigenvalue weighted by Gasteiger charge is 2.02. The van der Waals surface area contributed by atoms with Crippen molar-refractivity contribution in [3.05, 3.63) is 47.4 Å². The molecule has 20 heavy (non-hydrogen) atoms. The van der Waals surface area contributed by atoms with E-state index in [1.165, 1.54) is 5.56 Å². The molecule has 0 unspecified atom stereocenters. The molecule has 4 nitrogen and oxygen atoms in total. The van der Waals surface area contributed by atoms with Gasteiger partial charge in [0.25, 0.3) is 0 Å². The molecule has 2 aromatic rings. The molecule has 0 saturated carbocycles. The lowest BCUT2D eigenvalue weighted by Gasteiger charge is -2.10. The molecular formula is C16H21N3O. The van der Waals surface area contributed by atoms with Crippen molar-refractivity contribution in [1.82, 2.24) is 9.97 Å². The number of aryl methyl sites for hydroxylation is 2. The van der Waals surface area contributed by atoms with Crippen LogP contribution in [0.4, 0.5) is 5.82 Å². The molecule has 2 rings (SSSR count). The lowest BCUT2D eigenvalue weighted by atomic mass is 10.1. The third-order valence-corrected chi connectivity index (χ3v) is 2.98. The summed E-state index contributed by atoms with van der Waals surface area (Å²) in [4.78, 5) is 8.66. The smallest absolute Gasteiger partial charge is 0.144 e. The number of anilines is 1. The van der Waals surface area contributed by atoms with E-state index in [1.807, 2.05) is 13.0 Å². The van der Waals surface area contributed by atoms with Crippen LogP contribution in [0, 0.1) is 13.8 Å². The third-order valence-electron chi connectivity index (χ3n) is 2.98. The number of nitrogens with zero attached hydrogens (tertiary/aromatic N) is 2. The molecule has 0 aliphatic heterocycles. The number of hydrogen-bond donors (Lipinski definition) is 1. The number of benzene rings is 1. The molecule has 1 aromatic heterocycles. The molecule has 4 heteroatoms. The molecular weight excluding hydrogens is 250 g/mol. The van der Waals surface area contributed by atoms with E-state index in [-0.39, 0.29) is 0 Å². The van der Waals surface area contributed by atoms with Crippen molar-refractivity contribution in [2.45, 2.75) is 33.8 Å². The standard InChI is InChI=1S/C16H21N3O/c1-4-7-17-16-10-18-14(9-19-16)11-20-15-8-12(2)5-6-13(15)3/h5-6,8-10H,4,7,11H2,1-3H3,(H,17,19). The van der Waals surface area contributed by atoms with Crippen LogP contribution in [0.5, 0.6) is 5.75 Å². The molecule has 0 bridgehead atoms. The van der Waals surface area contributed by atoms with Gasteiger partial charge >= 0.3 is 0 Å². The Morgan fingerprint density at radius 1 is 1.15 bits per heavy atom. The van der Waals surface area contributed by atoms with Crippen molar-refractivity contribution < 1.29 is 4.74 Å². The second-order valence-corrected chi connectivity index (χ2v) is 4.88. The summed E-state index contributed by atoms with van der Waals surface area (Å²) in [5.74, 6) is 1.71. The first-order chi connectivity index (χ1) is 9.69. The Morgan fingerprint density at radius 3 is 2.70 bits per heavy atom. The normalized spacial score (nSPS) is 10.3. The van der Waals surface area contributed by atoms with Gasteiger partial charge in [-0.25, -0.2) is 4.98 Å². The minimum absolute atomic E-state index is 0.436. The van der Waals surface area contributed by atoms with Crippen molar-refractivity contribution in [3.63, 3.8) is 0 Å². The molecule has 0 aliphatic rings. The minimum atomic E-state index is 0.436. The van der Waals surface area contributed by atoms with Crippen molar-refractivity contribution in [2.24, 2.45) is 0 Å². The van der Waals surface area contributed by atoms with Crippen LogP contribution in [0.25, 0.3) is 0 Å². The van der Waals surface area contributed by atoms with Gasteiger partial charge in [0, 0.05) is 6.54 Å². The molecule has 0 aliphatic carbocycles. The molecule has 1 aromatic carbocycles. The van der Waals surface area contributed by atoms with E-state index in [0.717, 1.165) is 35.8 Å². The van der Waals surface area contributed by atoms with Gasteiger partial charge in [0.05, 0.1) is 18.1 Å². The molecule has 0 atom stereocenters. The Bertz CT molecular complexity index is 552. The molecule has 0 radical (unpaired) electrons. The highest BCUT2D eigenvalue weighted by molar-refractivity contribution is 5.36. The molecule has 106 valence electrons. The van der Waals surface area contributed by atoms with Gasteiger partial charge in [0.2, 0.25) is 0 Å². The maximum atomic E-state index is 5.80. The summed E-state index contributed by atoms with van der Waals surface area (Å²) in [5.41, 5.74) is 3.15. The van der Waals surface area contributed by atoms with Gasteiger partial charge in [-0.15, -0.1) is 0 Å². The first-order valence-electron chi connectivity index (χ1n) is 6.94. The van der Waals surface area contributed by atoms with Gasteiger partial charge in [0.1, 0.15) is 18.2 Å². The van der Waals surface area contributed by atoms with Gasteiger partial charge in [0.15, 0.2) is 0 Å². The predicted octanol–water partition coefficient (Wildman–Crippen LogP) is 3.49. The summed E-state index contributed by atoms with van der Waals surface area (Å²) >= 11 is 0. The van der Waals surface area contributed by atoms with E-state index in [9.17, 15) is 0 Å². The molecule has 0 saturated heterocycles.